The van der Waals surface area contributed by atoms with Gasteiger partial charge in [-0.1, -0.05) is 13.0 Å². The summed E-state index contributed by atoms with van der Waals surface area (Å²) in [6.07, 6.45) is 2.88. The summed E-state index contributed by atoms with van der Waals surface area (Å²) in [6.45, 7) is 3.59. The van der Waals surface area contributed by atoms with Gasteiger partial charge in [-0.05, 0) is 61.2 Å². The number of halogens is 1. The highest BCUT2D eigenvalue weighted by Gasteiger charge is 2.02. The third kappa shape index (κ3) is 4.95. The van der Waals surface area contributed by atoms with Crippen molar-refractivity contribution >= 4 is 11.4 Å². The van der Waals surface area contributed by atoms with Gasteiger partial charge in [-0.2, -0.15) is 0 Å². The molecule has 2 aromatic carbocycles. The van der Waals surface area contributed by atoms with E-state index in [0.717, 1.165) is 37.2 Å². The minimum atomic E-state index is -0.216. The number of rotatable bonds is 8. The summed E-state index contributed by atoms with van der Waals surface area (Å²) < 4.78 is 18.4. The molecule has 0 heterocycles. The second-order valence-electron chi connectivity index (χ2n) is 5.26. The summed E-state index contributed by atoms with van der Waals surface area (Å²) >= 11 is 0. The number of hydrogen-bond donors (Lipinski definition) is 2. The molecule has 4 heteroatoms. The Balaban J connectivity index is 1.77. The van der Waals surface area contributed by atoms with Gasteiger partial charge in [-0.3, -0.25) is 0 Å². The fourth-order valence-corrected chi connectivity index (χ4v) is 2.19. The third-order valence-corrected chi connectivity index (χ3v) is 3.35. The first kappa shape index (κ1) is 16.1. The van der Waals surface area contributed by atoms with Crippen molar-refractivity contribution in [3.63, 3.8) is 0 Å². The highest BCUT2D eigenvalue weighted by molar-refractivity contribution is 5.54. The van der Waals surface area contributed by atoms with E-state index in [-0.39, 0.29) is 5.82 Å². The summed E-state index contributed by atoms with van der Waals surface area (Å²) in [5.74, 6) is 0.543. The van der Waals surface area contributed by atoms with E-state index in [9.17, 15) is 4.39 Å². The molecule has 0 fully saturated rings. The summed E-state index contributed by atoms with van der Waals surface area (Å²) in [5.41, 5.74) is 8.82. The van der Waals surface area contributed by atoms with Crippen molar-refractivity contribution in [1.82, 2.24) is 0 Å². The van der Waals surface area contributed by atoms with Crippen LogP contribution in [0, 0.1) is 5.82 Å². The van der Waals surface area contributed by atoms with Gasteiger partial charge in [0.15, 0.2) is 0 Å². The van der Waals surface area contributed by atoms with Crippen LogP contribution >= 0.6 is 0 Å². The van der Waals surface area contributed by atoms with Gasteiger partial charge in [0.25, 0.3) is 0 Å². The number of aryl methyl sites for hydroxylation is 1. The minimum absolute atomic E-state index is 0.216. The number of hydrogen-bond acceptors (Lipinski definition) is 3. The zero-order valence-electron chi connectivity index (χ0n) is 12.9. The molecular weight excluding hydrogens is 279 g/mol. The Bertz CT molecular complexity index is 584. The molecule has 0 radical (unpaired) electrons. The van der Waals surface area contributed by atoms with Crippen LogP contribution in [-0.2, 0) is 6.42 Å². The summed E-state index contributed by atoms with van der Waals surface area (Å²) in [5, 5.41) is 3.27. The van der Waals surface area contributed by atoms with Crippen LogP contribution in [0.1, 0.15) is 25.3 Å². The highest BCUT2D eigenvalue weighted by atomic mass is 19.1. The van der Waals surface area contributed by atoms with Gasteiger partial charge in [0.1, 0.15) is 11.6 Å². The van der Waals surface area contributed by atoms with Crippen molar-refractivity contribution < 1.29 is 9.13 Å². The standard InChI is InChI=1S/C18H23FN2O/c1-2-12-22-18-10-5-14(13-17(18)20)4-3-11-21-16-8-6-15(19)7-9-16/h5-10,13,21H,2-4,11-12,20H2,1H3. The monoisotopic (exact) mass is 302 g/mol. The first-order valence-electron chi connectivity index (χ1n) is 7.69. The van der Waals surface area contributed by atoms with E-state index in [2.05, 4.69) is 18.3 Å². The highest BCUT2D eigenvalue weighted by Crippen LogP contribution is 2.23. The van der Waals surface area contributed by atoms with Crippen molar-refractivity contribution in [1.29, 1.82) is 0 Å². The summed E-state index contributed by atoms with van der Waals surface area (Å²) in [6, 6.07) is 12.4. The van der Waals surface area contributed by atoms with Gasteiger partial charge < -0.3 is 15.8 Å². The zero-order valence-corrected chi connectivity index (χ0v) is 12.9. The Labute approximate surface area is 131 Å². The Morgan fingerprint density at radius 3 is 2.59 bits per heavy atom. The van der Waals surface area contributed by atoms with Crippen molar-refractivity contribution in [2.45, 2.75) is 26.2 Å². The van der Waals surface area contributed by atoms with Crippen LogP contribution in [0.4, 0.5) is 15.8 Å². The van der Waals surface area contributed by atoms with Crippen LogP contribution in [0.3, 0.4) is 0 Å². The van der Waals surface area contributed by atoms with Crippen LogP contribution in [0.5, 0.6) is 5.75 Å². The fourth-order valence-electron chi connectivity index (χ4n) is 2.19. The molecule has 0 aliphatic rings. The van der Waals surface area contributed by atoms with Crippen LogP contribution < -0.4 is 15.8 Å². The van der Waals surface area contributed by atoms with E-state index in [4.69, 9.17) is 10.5 Å². The SMILES string of the molecule is CCCOc1ccc(CCCNc2ccc(F)cc2)cc1N. The molecule has 2 rings (SSSR count). The van der Waals surface area contributed by atoms with E-state index in [1.54, 1.807) is 12.1 Å². The first-order chi connectivity index (χ1) is 10.7. The molecule has 0 aliphatic heterocycles. The van der Waals surface area contributed by atoms with Gasteiger partial charge in [-0.15, -0.1) is 0 Å². The molecule has 0 saturated carbocycles. The second-order valence-corrected chi connectivity index (χ2v) is 5.26. The maximum absolute atomic E-state index is 12.8. The number of nitrogen functional groups attached to an aromatic ring is 1. The molecule has 0 saturated heterocycles. The average Bonchev–Trinajstić information content (AvgIpc) is 2.52. The molecule has 0 amide bonds. The molecule has 2 aromatic rings. The van der Waals surface area contributed by atoms with E-state index in [1.165, 1.54) is 17.7 Å². The Morgan fingerprint density at radius 1 is 1.14 bits per heavy atom. The Morgan fingerprint density at radius 2 is 1.91 bits per heavy atom. The number of ether oxygens (including phenoxy) is 1. The Kier molecular flexibility index (Phi) is 6.07. The van der Waals surface area contributed by atoms with Crippen molar-refractivity contribution in [3.8, 4) is 5.75 Å². The topological polar surface area (TPSA) is 47.3 Å². The van der Waals surface area contributed by atoms with Crippen LogP contribution in [0.2, 0.25) is 0 Å². The van der Waals surface area contributed by atoms with Crippen molar-refractivity contribution in [2.24, 2.45) is 0 Å². The molecule has 0 aliphatic carbocycles. The van der Waals surface area contributed by atoms with Crippen molar-refractivity contribution in [3.05, 3.63) is 53.8 Å². The van der Waals surface area contributed by atoms with E-state index in [1.807, 2.05) is 12.1 Å². The average molecular weight is 302 g/mol. The molecule has 118 valence electrons. The van der Waals surface area contributed by atoms with E-state index in [0.29, 0.717) is 12.3 Å². The van der Waals surface area contributed by atoms with Crippen LogP contribution in [0.15, 0.2) is 42.5 Å². The smallest absolute Gasteiger partial charge is 0.142 e. The van der Waals surface area contributed by atoms with Crippen LogP contribution in [-0.4, -0.2) is 13.2 Å². The number of nitrogens with two attached hydrogens (primary N) is 1. The Hall–Kier alpha value is -2.23. The van der Waals surface area contributed by atoms with Gasteiger partial charge in [0.2, 0.25) is 0 Å². The molecule has 3 N–H and O–H groups in total. The third-order valence-electron chi connectivity index (χ3n) is 3.35. The summed E-state index contributed by atoms with van der Waals surface area (Å²) in [7, 11) is 0. The maximum Gasteiger partial charge on any atom is 0.142 e. The van der Waals surface area contributed by atoms with Gasteiger partial charge in [-0.25, -0.2) is 4.39 Å². The van der Waals surface area contributed by atoms with Crippen LogP contribution in [0.25, 0.3) is 0 Å². The number of anilines is 2. The van der Waals surface area contributed by atoms with Gasteiger partial charge >= 0.3 is 0 Å². The van der Waals surface area contributed by atoms with Gasteiger partial charge in [0, 0.05) is 12.2 Å². The fraction of sp³-hybridized carbons (Fsp3) is 0.333. The van der Waals surface area contributed by atoms with E-state index >= 15 is 0 Å². The molecule has 22 heavy (non-hydrogen) atoms. The number of benzene rings is 2. The lowest BCUT2D eigenvalue weighted by Gasteiger charge is -2.10. The normalized spacial score (nSPS) is 10.5. The maximum atomic E-state index is 12.8. The predicted octanol–water partition coefficient (Wildman–Crippen LogP) is 4.24. The molecular formula is C18H23FN2O. The quantitative estimate of drug-likeness (QED) is 0.566. The van der Waals surface area contributed by atoms with Crippen molar-refractivity contribution in [2.75, 3.05) is 24.2 Å². The van der Waals surface area contributed by atoms with E-state index < -0.39 is 0 Å². The lowest BCUT2D eigenvalue weighted by Crippen LogP contribution is -2.04. The molecule has 0 unspecified atom stereocenters. The zero-order chi connectivity index (χ0) is 15.8. The lowest BCUT2D eigenvalue weighted by atomic mass is 10.1. The molecule has 3 nitrogen and oxygen atoms in total. The number of nitrogens with one attached hydrogen (secondary N) is 1. The lowest BCUT2D eigenvalue weighted by molar-refractivity contribution is 0.319. The first-order valence-corrected chi connectivity index (χ1v) is 7.69. The van der Waals surface area contributed by atoms with Gasteiger partial charge in [0.05, 0.1) is 12.3 Å². The predicted molar refractivity (Wildman–Crippen MR) is 89.9 cm³/mol. The summed E-state index contributed by atoms with van der Waals surface area (Å²) in [4.78, 5) is 0. The minimum Gasteiger partial charge on any atom is -0.491 e. The molecule has 0 aromatic heterocycles. The largest absolute Gasteiger partial charge is 0.491 e. The molecule has 0 spiro atoms. The second kappa shape index (κ2) is 8.27. The molecule has 0 bridgehead atoms. The molecule has 0 atom stereocenters.